The molecular formula is C8H6Cl2O2. The summed E-state index contributed by atoms with van der Waals surface area (Å²) in [5.41, 5.74) is 0.203. The Labute approximate surface area is 79.7 Å². The second-order valence-corrected chi connectivity index (χ2v) is 2.92. The number of rotatable bonds is 2. The Bertz CT molecular complexity index is 310. The molecule has 0 aromatic heterocycles. The monoisotopic (exact) mass is 204 g/mol. The van der Waals surface area contributed by atoms with Gasteiger partial charge in [-0.05, 0) is 18.2 Å². The molecule has 0 aliphatic rings. The Kier molecular flexibility index (Phi) is 2.95. The molecule has 0 aliphatic heterocycles. The minimum absolute atomic E-state index is 0.131. The number of halogens is 2. The van der Waals surface area contributed by atoms with Crippen LogP contribution in [-0.2, 0) is 0 Å². The summed E-state index contributed by atoms with van der Waals surface area (Å²) in [6.45, 7) is 0. The molecule has 0 unspecified atom stereocenters. The van der Waals surface area contributed by atoms with E-state index >= 15 is 0 Å². The number of benzene rings is 1. The molecule has 1 N–H and O–H groups in total. The molecule has 0 amide bonds. The molecular weight excluding hydrogens is 199 g/mol. The fourth-order valence-electron chi connectivity index (χ4n) is 0.813. The van der Waals surface area contributed by atoms with E-state index in [2.05, 4.69) is 0 Å². The molecule has 2 nitrogen and oxygen atoms in total. The van der Waals surface area contributed by atoms with E-state index in [-0.39, 0.29) is 23.0 Å². The predicted molar refractivity (Wildman–Crippen MR) is 48.2 cm³/mol. The third-order valence-electron chi connectivity index (χ3n) is 1.38. The maximum absolute atomic E-state index is 11.0. The number of Topliss-reactive ketones (excluding diaryl/α,β-unsaturated/α-hetero) is 1. The second-order valence-electron chi connectivity index (χ2n) is 2.22. The van der Waals surface area contributed by atoms with Gasteiger partial charge in [0.25, 0.3) is 0 Å². The summed E-state index contributed by atoms with van der Waals surface area (Å²) in [5.74, 6) is -0.589. The normalized spacial score (nSPS) is 9.83. The molecule has 0 spiro atoms. The molecule has 0 bridgehead atoms. The quantitative estimate of drug-likeness (QED) is 0.594. The summed E-state index contributed by atoms with van der Waals surface area (Å²) in [5, 5.41) is 9.62. The van der Waals surface area contributed by atoms with Crippen molar-refractivity contribution < 1.29 is 9.90 Å². The Balaban J connectivity index is 3.09. The average molecular weight is 205 g/mol. The third kappa shape index (κ3) is 1.90. The highest BCUT2D eigenvalue weighted by atomic mass is 35.5. The largest absolute Gasteiger partial charge is 0.507 e. The van der Waals surface area contributed by atoms with E-state index in [1.54, 1.807) is 0 Å². The summed E-state index contributed by atoms with van der Waals surface area (Å²) in [6.07, 6.45) is 0. The van der Waals surface area contributed by atoms with Gasteiger partial charge in [-0.25, -0.2) is 0 Å². The van der Waals surface area contributed by atoms with Crippen molar-refractivity contribution in [3.8, 4) is 5.75 Å². The van der Waals surface area contributed by atoms with Crippen LogP contribution in [0.15, 0.2) is 18.2 Å². The van der Waals surface area contributed by atoms with Crippen molar-refractivity contribution in [3.63, 3.8) is 0 Å². The molecule has 1 aromatic carbocycles. The highest BCUT2D eigenvalue weighted by Crippen LogP contribution is 2.22. The van der Waals surface area contributed by atoms with Gasteiger partial charge in [0.1, 0.15) is 5.75 Å². The van der Waals surface area contributed by atoms with Crippen LogP contribution in [0.1, 0.15) is 10.4 Å². The van der Waals surface area contributed by atoms with Gasteiger partial charge in [0.05, 0.1) is 11.4 Å². The fraction of sp³-hybridized carbons (Fsp3) is 0.125. The van der Waals surface area contributed by atoms with Crippen LogP contribution >= 0.6 is 23.2 Å². The van der Waals surface area contributed by atoms with E-state index < -0.39 is 0 Å². The van der Waals surface area contributed by atoms with Gasteiger partial charge in [-0.3, -0.25) is 4.79 Å². The van der Waals surface area contributed by atoms with Crippen LogP contribution in [0.5, 0.6) is 5.75 Å². The number of phenols is 1. The van der Waals surface area contributed by atoms with E-state index in [0.717, 1.165) is 0 Å². The van der Waals surface area contributed by atoms with Crippen LogP contribution in [-0.4, -0.2) is 16.8 Å². The summed E-state index contributed by atoms with van der Waals surface area (Å²) in [4.78, 5) is 11.0. The Morgan fingerprint density at radius 2 is 2.17 bits per heavy atom. The topological polar surface area (TPSA) is 37.3 Å². The molecule has 0 radical (unpaired) electrons. The third-order valence-corrected chi connectivity index (χ3v) is 1.86. The van der Waals surface area contributed by atoms with Crippen molar-refractivity contribution in [2.75, 3.05) is 5.88 Å². The lowest BCUT2D eigenvalue weighted by atomic mass is 10.1. The van der Waals surface area contributed by atoms with Gasteiger partial charge in [0.2, 0.25) is 0 Å². The summed E-state index contributed by atoms with van der Waals surface area (Å²) in [7, 11) is 0. The molecule has 1 rings (SSSR count). The number of ketones is 1. The zero-order valence-corrected chi connectivity index (χ0v) is 7.56. The number of hydrogen-bond acceptors (Lipinski definition) is 2. The molecule has 64 valence electrons. The molecule has 12 heavy (non-hydrogen) atoms. The molecule has 4 heteroatoms. The van der Waals surface area contributed by atoms with Gasteiger partial charge in [-0.2, -0.15) is 0 Å². The highest BCUT2D eigenvalue weighted by Gasteiger charge is 2.09. The second kappa shape index (κ2) is 3.78. The predicted octanol–water partition coefficient (Wildman–Crippen LogP) is 2.47. The Morgan fingerprint density at radius 1 is 1.50 bits per heavy atom. The molecule has 0 fully saturated rings. The van der Waals surface area contributed by atoms with Crippen molar-refractivity contribution in [1.29, 1.82) is 0 Å². The minimum atomic E-state index is -0.314. The number of hydrogen-bond donors (Lipinski definition) is 1. The van der Waals surface area contributed by atoms with Crippen LogP contribution < -0.4 is 0 Å². The van der Waals surface area contributed by atoms with Crippen LogP contribution in [0, 0.1) is 0 Å². The molecule has 0 atom stereocenters. The first-order valence-corrected chi connectivity index (χ1v) is 4.14. The molecule has 0 heterocycles. The average Bonchev–Trinajstić information content (AvgIpc) is 2.03. The molecule has 0 aliphatic carbocycles. The summed E-state index contributed by atoms with van der Waals surface area (Å²) in [6, 6.07) is 4.28. The number of phenolic OH excluding ortho intramolecular Hbond substituents is 1. The van der Waals surface area contributed by atoms with Crippen LogP contribution in [0.3, 0.4) is 0 Å². The van der Waals surface area contributed by atoms with Gasteiger partial charge < -0.3 is 5.11 Å². The lowest BCUT2D eigenvalue weighted by molar-refractivity contribution is 0.101. The fourth-order valence-corrected chi connectivity index (χ4v) is 1.12. The first kappa shape index (κ1) is 9.36. The minimum Gasteiger partial charge on any atom is -0.507 e. The SMILES string of the molecule is O=C(CCl)c1ccc(Cl)cc1O. The summed E-state index contributed by atoms with van der Waals surface area (Å²) >= 11 is 10.9. The number of aromatic hydroxyl groups is 1. The van der Waals surface area contributed by atoms with Gasteiger partial charge in [-0.15, -0.1) is 11.6 Å². The van der Waals surface area contributed by atoms with Gasteiger partial charge in [0, 0.05) is 5.02 Å². The van der Waals surface area contributed by atoms with Crippen molar-refractivity contribution in [1.82, 2.24) is 0 Å². The first-order chi connectivity index (χ1) is 5.65. The molecule has 0 saturated heterocycles. The molecule has 0 saturated carbocycles. The van der Waals surface area contributed by atoms with Crippen molar-refractivity contribution in [2.24, 2.45) is 0 Å². The number of alkyl halides is 1. The number of carbonyl (C=O) groups excluding carboxylic acids is 1. The standard InChI is InChI=1S/C8H6Cl2O2/c9-4-8(12)6-2-1-5(10)3-7(6)11/h1-3,11H,4H2. The maximum atomic E-state index is 11.0. The molecule has 1 aromatic rings. The Hall–Kier alpha value is -0.730. The number of carbonyl (C=O) groups is 1. The Morgan fingerprint density at radius 3 is 2.67 bits per heavy atom. The van der Waals surface area contributed by atoms with Crippen molar-refractivity contribution in [2.45, 2.75) is 0 Å². The van der Waals surface area contributed by atoms with E-state index in [1.807, 2.05) is 0 Å². The lowest BCUT2D eigenvalue weighted by Crippen LogP contribution is -1.99. The van der Waals surface area contributed by atoms with Crippen LogP contribution in [0.4, 0.5) is 0 Å². The van der Waals surface area contributed by atoms with Crippen LogP contribution in [0.25, 0.3) is 0 Å². The highest BCUT2D eigenvalue weighted by molar-refractivity contribution is 6.32. The smallest absolute Gasteiger partial charge is 0.181 e. The van der Waals surface area contributed by atoms with E-state index in [9.17, 15) is 9.90 Å². The van der Waals surface area contributed by atoms with E-state index in [0.29, 0.717) is 5.02 Å². The van der Waals surface area contributed by atoms with Gasteiger partial charge >= 0.3 is 0 Å². The maximum Gasteiger partial charge on any atom is 0.181 e. The van der Waals surface area contributed by atoms with Gasteiger partial charge in [-0.1, -0.05) is 11.6 Å². The van der Waals surface area contributed by atoms with Crippen molar-refractivity contribution in [3.05, 3.63) is 28.8 Å². The van der Waals surface area contributed by atoms with E-state index in [1.165, 1.54) is 18.2 Å². The van der Waals surface area contributed by atoms with Crippen LogP contribution in [0.2, 0.25) is 5.02 Å². The first-order valence-electron chi connectivity index (χ1n) is 3.23. The van der Waals surface area contributed by atoms with Gasteiger partial charge in [0.15, 0.2) is 5.78 Å². The summed E-state index contributed by atoms with van der Waals surface area (Å²) < 4.78 is 0. The zero-order valence-electron chi connectivity index (χ0n) is 6.05. The van der Waals surface area contributed by atoms with Crippen molar-refractivity contribution >= 4 is 29.0 Å². The van der Waals surface area contributed by atoms with E-state index in [4.69, 9.17) is 23.2 Å². The lowest BCUT2D eigenvalue weighted by Gasteiger charge is -2.00. The zero-order chi connectivity index (χ0) is 9.14.